The van der Waals surface area contributed by atoms with Crippen molar-refractivity contribution in [1.29, 1.82) is 0 Å². The van der Waals surface area contributed by atoms with Crippen LogP contribution in [0.1, 0.15) is 42.5 Å². The van der Waals surface area contributed by atoms with Crippen LogP contribution in [0.3, 0.4) is 0 Å². The Morgan fingerprint density at radius 3 is 3.00 bits per heavy atom. The molecule has 1 aliphatic heterocycles. The van der Waals surface area contributed by atoms with Crippen LogP contribution in [0.2, 0.25) is 0 Å². The number of nitrogens with zero attached hydrogens (tertiary/aromatic N) is 2. The number of rotatable bonds is 3. The summed E-state index contributed by atoms with van der Waals surface area (Å²) in [6.45, 7) is 5.87. The quantitative estimate of drug-likeness (QED) is 0.858. The molecular weight excluding hydrogens is 255 g/mol. The molecule has 0 unspecified atom stereocenters. The van der Waals surface area contributed by atoms with Crippen LogP contribution in [0, 0.1) is 5.82 Å². The van der Waals surface area contributed by atoms with Gasteiger partial charge in [0.05, 0.1) is 12.2 Å². The molecule has 0 aliphatic carbocycles. The van der Waals surface area contributed by atoms with Gasteiger partial charge >= 0.3 is 0 Å². The lowest BCUT2D eigenvalue weighted by Crippen LogP contribution is -2.33. The number of aryl methyl sites for hydroxylation is 1. The number of fused-ring (bicyclic) bond motifs is 1. The van der Waals surface area contributed by atoms with Crippen molar-refractivity contribution in [2.45, 2.75) is 39.3 Å². The van der Waals surface area contributed by atoms with E-state index in [-0.39, 0.29) is 11.9 Å². The van der Waals surface area contributed by atoms with Gasteiger partial charge in [-0.1, -0.05) is 18.1 Å². The van der Waals surface area contributed by atoms with Gasteiger partial charge in [0.1, 0.15) is 5.82 Å². The smallest absolute Gasteiger partial charge is 0.150 e. The predicted molar refractivity (Wildman–Crippen MR) is 74.8 cm³/mol. The van der Waals surface area contributed by atoms with E-state index in [1.54, 1.807) is 12.1 Å². The fourth-order valence-electron chi connectivity index (χ4n) is 2.85. The van der Waals surface area contributed by atoms with Crippen LogP contribution in [-0.4, -0.2) is 16.6 Å². The molecule has 0 fully saturated rings. The Bertz CT molecular complexity index is 608. The highest BCUT2D eigenvalue weighted by molar-refractivity contribution is 5.32. The second-order valence-corrected chi connectivity index (χ2v) is 5.38. The van der Waals surface area contributed by atoms with E-state index in [1.807, 2.05) is 12.1 Å². The Kier molecular flexibility index (Phi) is 3.57. The van der Waals surface area contributed by atoms with Crippen molar-refractivity contribution in [3.8, 4) is 0 Å². The molecule has 0 saturated carbocycles. The van der Waals surface area contributed by atoms with Crippen LogP contribution in [0.25, 0.3) is 0 Å². The molecule has 3 nitrogen and oxygen atoms in total. The Morgan fingerprint density at radius 2 is 2.25 bits per heavy atom. The molecule has 106 valence electrons. The third-order valence-electron chi connectivity index (χ3n) is 4.10. The van der Waals surface area contributed by atoms with Gasteiger partial charge in [0.2, 0.25) is 0 Å². The van der Waals surface area contributed by atoms with Gasteiger partial charge in [0.15, 0.2) is 5.76 Å². The van der Waals surface area contributed by atoms with Crippen molar-refractivity contribution in [1.82, 2.24) is 10.1 Å². The highest BCUT2D eigenvalue weighted by Gasteiger charge is 2.25. The van der Waals surface area contributed by atoms with Crippen molar-refractivity contribution >= 4 is 0 Å². The molecule has 1 aromatic carbocycles. The van der Waals surface area contributed by atoms with Crippen LogP contribution in [0.4, 0.5) is 4.39 Å². The normalized spacial score (nSPS) is 19.1. The van der Waals surface area contributed by atoms with Gasteiger partial charge in [-0.3, -0.25) is 4.90 Å². The predicted octanol–water partition coefficient (Wildman–Crippen LogP) is 3.50. The van der Waals surface area contributed by atoms with Crippen LogP contribution in [0.5, 0.6) is 0 Å². The average molecular weight is 274 g/mol. The highest BCUT2D eigenvalue weighted by atomic mass is 19.1. The van der Waals surface area contributed by atoms with Crippen molar-refractivity contribution in [2.75, 3.05) is 6.54 Å². The number of benzene rings is 1. The first-order valence-corrected chi connectivity index (χ1v) is 7.14. The number of aromatic nitrogens is 1. The van der Waals surface area contributed by atoms with Gasteiger partial charge in [0.25, 0.3) is 0 Å². The Hall–Kier alpha value is -1.68. The Balaban J connectivity index is 1.79. The van der Waals surface area contributed by atoms with Gasteiger partial charge in [-0.25, -0.2) is 4.39 Å². The number of hydrogen-bond donors (Lipinski definition) is 0. The lowest BCUT2D eigenvalue weighted by atomic mass is 9.93. The first-order chi connectivity index (χ1) is 9.67. The molecule has 0 radical (unpaired) electrons. The molecule has 0 amide bonds. The third kappa shape index (κ3) is 2.48. The largest absolute Gasteiger partial charge is 0.360 e. The molecule has 2 aromatic rings. The minimum atomic E-state index is -0.162. The Morgan fingerprint density at radius 1 is 1.40 bits per heavy atom. The fraction of sp³-hybridized carbons (Fsp3) is 0.438. The molecule has 1 aromatic heterocycles. The van der Waals surface area contributed by atoms with Gasteiger partial charge in [-0.15, -0.1) is 0 Å². The van der Waals surface area contributed by atoms with Gasteiger partial charge in [0, 0.05) is 18.7 Å². The first kappa shape index (κ1) is 13.3. The minimum absolute atomic E-state index is 0.162. The maximum Gasteiger partial charge on any atom is 0.150 e. The van der Waals surface area contributed by atoms with E-state index in [1.165, 1.54) is 5.56 Å². The summed E-state index contributed by atoms with van der Waals surface area (Å²) in [5.74, 6) is 0.721. The summed E-state index contributed by atoms with van der Waals surface area (Å²) in [7, 11) is 0. The molecule has 0 spiro atoms. The molecule has 1 aliphatic rings. The molecule has 20 heavy (non-hydrogen) atoms. The molecule has 2 heterocycles. The molecule has 0 saturated heterocycles. The summed E-state index contributed by atoms with van der Waals surface area (Å²) < 4.78 is 18.8. The summed E-state index contributed by atoms with van der Waals surface area (Å²) in [4.78, 5) is 2.31. The molecule has 4 heteroatoms. The SMILES string of the molecule is CCc1cc(CN2CCc3ccc(F)cc3[C@@H]2C)on1. The average Bonchev–Trinajstić information content (AvgIpc) is 2.90. The monoisotopic (exact) mass is 274 g/mol. The molecule has 0 N–H and O–H groups in total. The van der Waals surface area contributed by atoms with E-state index in [4.69, 9.17) is 4.52 Å². The topological polar surface area (TPSA) is 29.3 Å². The van der Waals surface area contributed by atoms with Crippen molar-refractivity contribution in [3.63, 3.8) is 0 Å². The maximum atomic E-state index is 13.4. The zero-order valence-corrected chi connectivity index (χ0v) is 11.9. The van der Waals surface area contributed by atoms with Gasteiger partial charge < -0.3 is 4.52 Å². The van der Waals surface area contributed by atoms with E-state index in [2.05, 4.69) is 23.9 Å². The molecule has 0 bridgehead atoms. The van der Waals surface area contributed by atoms with Crippen molar-refractivity contribution in [2.24, 2.45) is 0 Å². The molecular formula is C16H19FN2O. The standard InChI is InChI=1S/C16H19FN2O/c1-3-14-9-15(20-18-14)10-19-7-6-12-4-5-13(17)8-16(12)11(19)2/h4-5,8-9,11H,3,6-7,10H2,1-2H3/t11-/m0/s1. The van der Waals surface area contributed by atoms with Crippen molar-refractivity contribution in [3.05, 3.63) is 52.7 Å². The highest BCUT2D eigenvalue weighted by Crippen LogP contribution is 2.31. The maximum absolute atomic E-state index is 13.4. The summed E-state index contributed by atoms with van der Waals surface area (Å²) >= 11 is 0. The lowest BCUT2D eigenvalue weighted by Gasteiger charge is -2.34. The zero-order chi connectivity index (χ0) is 14.1. The summed E-state index contributed by atoms with van der Waals surface area (Å²) in [6.07, 6.45) is 1.84. The van der Waals surface area contributed by atoms with E-state index in [9.17, 15) is 4.39 Å². The third-order valence-corrected chi connectivity index (χ3v) is 4.10. The van der Waals surface area contributed by atoms with Crippen molar-refractivity contribution < 1.29 is 8.91 Å². The Labute approximate surface area is 118 Å². The summed E-state index contributed by atoms with van der Waals surface area (Å²) in [6, 6.07) is 7.31. The van der Waals surface area contributed by atoms with Crippen LogP contribution in [0.15, 0.2) is 28.8 Å². The number of halogens is 1. The lowest BCUT2D eigenvalue weighted by molar-refractivity contribution is 0.168. The van der Waals surface area contributed by atoms with Gasteiger partial charge in [-0.05, 0) is 43.0 Å². The second-order valence-electron chi connectivity index (χ2n) is 5.38. The zero-order valence-electron chi connectivity index (χ0n) is 11.9. The van der Waals surface area contributed by atoms with E-state index >= 15 is 0 Å². The summed E-state index contributed by atoms with van der Waals surface area (Å²) in [5, 5.41) is 4.02. The minimum Gasteiger partial charge on any atom is -0.360 e. The van der Waals surface area contributed by atoms with Gasteiger partial charge in [-0.2, -0.15) is 0 Å². The van der Waals surface area contributed by atoms with Crippen LogP contribution < -0.4 is 0 Å². The van der Waals surface area contributed by atoms with E-state index < -0.39 is 0 Å². The molecule has 1 atom stereocenters. The van der Waals surface area contributed by atoms with Crippen LogP contribution >= 0.6 is 0 Å². The van der Waals surface area contributed by atoms with E-state index in [0.717, 1.165) is 42.9 Å². The second kappa shape index (κ2) is 5.37. The van der Waals surface area contributed by atoms with E-state index in [0.29, 0.717) is 0 Å². The number of hydrogen-bond acceptors (Lipinski definition) is 3. The fourth-order valence-corrected chi connectivity index (χ4v) is 2.85. The van der Waals surface area contributed by atoms with Crippen LogP contribution in [-0.2, 0) is 19.4 Å². The first-order valence-electron chi connectivity index (χ1n) is 7.14. The molecule has 3 rings (SSSR count). The summed E-state index contributed by atoms with van der Waals surface area (Å²) in [5.41, 5.74) is 3.32.